The fraction of sp³-hybridized carbons (Fsp3) is 0.538. The van der Waals surface area contributed by atoms with Crippen molar-refractivity contribution in [2.24, 2.45) is 5.73 Å². The topological polar surface area (TPSA) is 197 Å². The maximum absolute atomic E-state index is 12.0. The fourth-order valence-electron chi connectivity index (χ4n) is 2.27. The Labute approximate surface area is 140 Å². The average molecular weight is 358 g/mol. The van der Waals surface area contributed by atoms with Crippen LogP contribution < -0.4 is 16.7 Å². The Kier molecular flexibility index (Phi) is 5.81. The lowest BCUT2D eigenvalue weighted by Gasteiger charge is -2.17. The van der Waals surface area contributed by atoms with Crippen molar-refractivity contribution in [1.82, 2.24) is 9.55 Å². The first kappa shape index (κ1) is 19.0. The van der Waals surface area contributed by atoms with Crippen LogP contribution in [0.5, 0.6) is 0 Å². The van der Waals surface area contributed by atoms with Crippen molar-refractivity contribution in [3.8, 4) is 0 Å². The van der Waals surface area contributed by atoms with E-state index < -0.39 is 61.2 Å². The number of rotatable bonds is 6. The summed E-state index contributed by atoms with van der Waals surface area (Å²) in [5.41, 5.74) is 4.33. The van der Waals surface area contributed by atoms with Crippen molar-refractivity contribution < 1.29 is 34.8 Å². The van der Waals surface area contributed by atoms with E-state index in [2.05, 4.69) is 10.3 Å². The van der Waals surface area contributed by atoms with E-state index in [0.29, 0.717) is 0 Å². The molecule has 25 heavy (non-hydrogen) atoms. The van der Waals surface area contributed by atoms with Crippen molar-refractivity contribution in [3.05, 3.63) is 22.7 Å². The molecule has 1 aromatic heterocycles. The molecule has 0 radical (unpaired) electrons. The zero-order chi connectivity index (χ0) is 18.7. The molecule has 0 spiro atoms. The standard InChI is InChI=1S/C13H18N4O8/c14-5(12(22)23)3-8(19)15-7-1-2-17(13(24)16-7)11-10(21)9(20)6(4-18)25-11/h1-2,5-6,9-11,18,20-21H,3-4,14H2,(H,22,23)(H,15,16,19,24)/t5-,6-,9+,10?,11-/m1/s1. The Morgan fingerprint density at radius 1 is 1.40 bits per heavy atom. The molecule has 2 rings (SSSR count). The lowest BCUT2D eigenvalue weighted by atomic mass is 10.1. The molecular weight excluding hydrogens is 340 g/mol. The highest BCUT2D eigenvalue weighted by Crippen LogP contribution is 2.28. The fourth-order valence-corrected chi connectivity index (χ4v) is 2.27. The van der Waals surface area contributed by atoms with E-state index in [0.717, 1.165) is 4.57 Å². The van der Waals surface area contributed by atoms with Crippen LogP contribution >= 0.6 is 0 Å². The maximum atomic E-state index is 12.0. The molecule has 1 aromatic rings. The Bertz CT molecular complexity index is 708. The van der Waals surface area contributed by atoms with Gasteiger partial charge in [0.25, 0.3) is 0 Å². The smallest absolute Gasteiger partial charge is 0.351 e. The highest BCUT2D eigenvalue weighted by Gasteiger charge is 2.43. The third-order valence-electron chi connectivity index (χ3n) is 3.61. The van der Waals surface area contributed by atoms with Crippen LogP contribution in [-0.4, -0.2) is 72.8 Å². The number of aliphatic hydroxyl groups excluding tert-OH is 3. The van der Waals surface area contributed by atoms with Crippen LogP contribution in [0.4, 0.5) is 5.82 Å². The number of carboxylic acid groups (broad SMARTS) is 1. The zero-order valence-corrected chi connectivity index (χ0v) is 12.8. The largest absolute Gasteiger partial charge is 0.480 e. The second-order valence-corrected chi connectivity index (χ2v) is 5.43. The molecule has 12 heteroatoms. The number of amides is 1. The highest BCUT2D eigenvalue weighted by atomic mass is 16.6. The van der Waals surface area contributed by atoms with Gasteiger partial charge in [-0.1, -0.05) is 0 Å². The summed E-state index contributed by atoms with van der Waals surface area (Å²) >= 11 is 0. The third kappa shape index (κ3) is 4.18. The Morgan fingerprint density at radius 2 is 2.08 bits per heavy atom. The quantitative estimate of drug-likeness (QED) is 0.298. The van der Waals surface area contributed by atoms with Gasteiger partial charge in [0.2, 0.25) is 5.91 Å². The van der Waals surface area contributed by atoms with Gasteiger partial charge in [-0.15, -0.1) is 0 Å². The van der Waals surface area contributed by atoms with E-state index in [1.807, 2.05) is 0 Å². The molecule has 138 valence electrons. The van der Waals surface area contributed by atoms with Gasteiger partial charge in [-0.25, -0.2) is 4.79 Å². The predicted octanol–water partition coefficient (Wildman–Crippen LogP) is -3.40. The summed E-state index contributed by atoms with van der Waals surface area (Å²) in [6, 6.07) is -0.167. The van der Waals surface area contributed by atoms with Crippen LogP contribution in [0, 0.1) is 0 Å². The van der Waals surface area contributed by atoms with Gasteiger partial charge in [-0.05, 0) is 6.07 Å². The Balaban J connectivity index is 2.10. The zero-order valence-electron chi connectivity index (χ0n) is 12.8. The number of aromatic nitrogens is 2. The summed E-state index contributed by atoms with van der Waals surface area (Å²) < 4.78 is 6.10. The van der Waals surface area contributed by atoms with Crippen LogP contribution in [0.15, 0.2) is 17.1 Å². The van der Waals surface area contributed by atoms with E-state index >= 15 is 0 Å². The number of nitrogens with two attached hydrogens (primary N) is 1. The first-order valence-corrected chi connectivity index (χ1v) is 7.24. The normalized spacial score (nSPS) is 27.0. The predicted molar refractivity (Wildman–Crippen MR) is 80.4 cm³/mol. The number of carbonyl (C=O) groups is 2. The van der Waals surface area contributed by atoms with E-state index in [-0.39, 0.29) is 5.82 Å². The van der Waals surface area contributed by atoms with Gasteiger partial charge >= 0.3 is 11.7 Å². The lowest BCUT2D eigenvalue weighted by molar-refractivity contribution is -0.140. The molecule has 1 saturated heterocycles. The van der Waals surface area contributed by atoms with E-state index in [9.17, 15) is 24.6 Å². The van der Waals surface area contributed by atoms with Crippen LogP contribution in [0.2, 0.25) is 0 Å². The number of ether oxygens (including phenoxy) is 1. The third-order valence-corrected chi connectivity index (χ3v) is 3.61. The second kappa shape index (κ2) is 7.67. The van der Waals surface area contributed by atoms with E-state index in [1.54, 1.807) is 0 Å². The molecule has 7 N–H and O–H groups in total. The molecule has 1 aliphatic rings. The number of anilines is 1. The van der Waals surface area contributed by atoms with Crippen molar-refractivity contribution in [1.29, 1.82) is 0 Å². The summed E-state index contributed by atoms with van der Waals surface area (Å²) in [4.78, 5) is 37.8. The summed E-state index contributed by atoms with van der Waals surface area (Å²) in [6.07, 6.45) is -4.47. The number of nitrogens with one attached hydrogen (secondary N) is 1. The Morgan fingerprint density at radius 3 is 2.60 bits per heavy atom. The minimum atomic E-state index is -1.45. The first-order chi connectivity index (χ1) is 11.7. The SMILES string of the molecule is N[C@H](CC(=O)Nc1ccn([C@@H]2O[C@H](CO)[C@H](O)C2O)c(=O)n1)C(=O)O. The van der Waals surface area contributed by atoms with Gasteiger partial charge in [0.15, 0.2) is 6.23 Å². The van der Waals surface area contributed by atoms with Crippen molar-refractivity contribution in [3.63, 3.8) is 0 Å². The molecule has 1 aliphatic heterocycles. The number of aliphatic hydroxyl groups is 3. The molecule has 1 fully saturated rings. The van der Waals surface area contributed by atoms with E-state index in [1.165, 1.54) is 12.3 Å². The summed E-state index contributed by atoms with van der Waals surface area (Å²) in [5.74, 6) is -2.23. The number of carboxylic acids is 1. The van der Waals surface area contributed by atoms with E-state index in [4.69, 9.17) is 20.7 Å². The number of hydrogen-bond donors (Lipinski definition) is 6. The first-order valence-electron chi connectivity index (χ1n) is 7.24. The van der Waals surface area contributed by atoms with Crippen LogP contribution in [0.25, 0.3) is 0 Å². The number of aliphatic carboxylic acids is 1. The van der Waals surface area contributed by atoms with Gasteiger partial charge in [-0.3, -0.25) is 14.2 Å². The van der Waals surface area contributed by atoms with Crippen LogP contribution in [0.3, 0.4) is 0 Å². The number of hydrogen-bond acceptors (Lipinski definition) is 9. The molecule has 12 nitrogen and oxygen atoms in total. The van der Waals surface area contributed by atoms with Gasteiger partial charge in [-0.2, -0.15) is 4.98 Å². The second-order valence-electron chi connectivity index (χ2n) is 5.43. The molecular formula is C13H18N4O8. The molecule has 1 amide bonds. The Hall–Kier alpha value is -2.38. The molecule has 0 aromatic carbocycles. The summed E-state index contributed by atoms with van der Waals surface area (Å²) in [6.45, 7) is -0.547. The minimum absolute atomic E-state index is 0.143. The van der Waals surface area contributed by atoms with Gasteiger partial charge in [0, 0.05) is 6.20 Å². The van der Waals surface area contributed by atoms with Crippen molar-refractivity contribution >= 4 is 17.7 Å². The monoisotopic (exact) mass is 358 g/mol. The van der Waals surface area contributed by atoms with Gasteiger partial charge in [0.05, 0.1) is 13.0 Å². The van der Waals surface area contributed by atoms with Crippen LogP contribution in [-0.2, 0) is 14.3 Å². The molecule has 1 unspecified atom stereocenters. The molecule has 0 bridgehead atoms. The van der Waals surface area contributed by atoms with Gasteiger partial charge in [0.1, 0.15) is 30.2 Å². The van der Waals surface area contributed by atoms with Crippen LogP contribution in [0.1, 0.15) is 12.6 Å². The summed E-state index contributed by atoms with van der Waals surface area (Å²) in [5, 5.41) is 39.5. The minimum Gasteiger partial charge on any atom is -0.480 e. The maximum Gasteiger partial charge on any atom is 0.351 e. The van der Waals surface area contributed by atoms with Gasteiger partial charge < -0.3 is 36.2 Å². The molecule has 0 saturated carbocycles. The molecule has 2 heterocycles. The van der Waals surface area contributed by atoms with Crippen molar-refractivity contribution in [2.75, 3.05) is 11.9 Å². The number of nitrogens with zero attached hydrogens (tertiary/aromatic N) is 2. The van der Waals surface area contributed by atoms with Crippen molar-refractivity contribution in [2.45, 2.75) is 37.0 Å². The number of carbonyl (C=O) groups excluding carboxylic acids is 1. The summed E-state index contributed by atoms with van der Waals surface area (Å²) in [7, 11) is 0. The molecule has 5 atom stereocenters. The highest BCUT2D eigenvalue weighted by molar-refractivity contribution is 5.93. The molecule has 0 aliphatic carbocycles. The lowest BCUT2D eigenvalue weighted by Crippen LogP contribution is -2.36. The average Bonchev–Trinajstić information content (AvgIpc) is 2.82.